The molecule has 1 N–H and O–H groups in total. The maximum Gasteiger partial charge on any atom is 0.269 e. The van der Waals surface area contributed by atoms with Gasteiger partial charge in [0.2, 0.25) is 10.0 Å². The van der Waals surface area contributed by atoms with Crippen LogP contribution in [0.4, 0.5) is 11.5 Å². The zero-order valence-corrected chi connectivity index (χ0v) is 19.1. The van der Waals surface area contributed by atoms with E-state index in [1.807, 2.05) is 34.5 Å². The quantitative estimate of drug-likeness (QED) is 0.612. The Kier molecular flexibility index (Phi) is 6.12. The van der Waals surface area contributed by atoms with E-state index < -0.39 is 10.0 Å². The van der Waals surface area contributed by atoms with Crippen LogP contribution in [0, 0.1) is 0 Å². The van der Waals surface area contributed by atoms with Crippen molar-refractivity contribution in [2.24, 2.45) is 0 Å². The Bertz CT molecular complexity index is 1150. The second-order valence-corrected chi connectivity index (χ2v) is 10.4. The Morgan fingerprint density at radius 2 is 1.97 bits per heavy atom. The molecule has 10 heteroatoms. The third kappa shape index (κ3) is 5.15. The molecule has 31 heavy (non-hydrogen) atoms. The van der Waals surface area contributed by atoms with Crippen molar-refractivity contribution in [1.82, 2.24) is 14.7 Å². The predicted molar refractivity (Wildman–Crippen MR) is 124 cm³/mol. The van der Waals surface area contributed by atoms with Gasteiger partial charge in [0, 0.05) is 18.3 Å². The number of hydrogen-bond acceptors (Lipinski definition) is 6. The molecule has 3 aromatic rings. The molecule has 1 aliphatic rings. The number of sulfonamides is 1. The molecule has 1 fully saturated rings. The molecule has 4 rings (SSSR count). The first kappa shape index (κ1) is 21.5. The van der Waals surface area contributed by atoms with Crippen LogP contribution in [-0.2, 0) is 10.0 Å². The van der Waals surface area contributed by atoms with Crippen molar-refractivity contribution in [1.29, 1.82) is 0 Å². The fourth-order valence-corrected chi connectivity index (χ4v) is 4.96. The standard InChI is InChI=1S/C21H25N5O3S2/c1-24-11-8-17(9-12-24)26(21(27)19-7-4-14-30-19)20-10-13-25(22-20)18-6-3-5-16(15-18)23-31(2,28)29/h3-7,10,13-15,17,23H,8-9,11-12H2,1-2H3. The summed E-state index contributed by atoms with van der Waals surface area (Å²) < 4.78 is 27.2. The van der Waals surface area contributed by atoms with Gasteiger partial charge in [-0.2, -0.15) is 0 Å². The highest BCUT2D eigenvalue weighted by Gasteiger charge is 2.31. The van der Waals surface area contributed by atoms with Crippen LogP contribution in [0.2, 0.25) is 0 Å². The summed E-state index contributed by atoms with van der Waals surface area (Å²) in [6.07, 6.45) is 4.67. The fraction of sp³-hybridized carbons (Fsp3) is 0.333. The molecular weight excluding hydrogens is 434 g/mol. The van der Waals surface area contributed by atoms with Crippen molar-refractivity contribution in [3.8, 4) is 5.69 Å². The van der Waals surface area contributed by atoms with E-state index in [0.717, 1.165) is 32.2 Å². The number of amides is 1. The third-order valence-electron chi connectivity index (χ3n) is 5.24. The lowest BCUT2D eigenvalue weighted by molar-refractivity contribution is 0.0966. The summed E-state index contributed by atoms with van der Waals surface area (Å²) in [6, 6.07) is 12.6. The molecule has 1 saturated heterocycles. The van der Waals surface area contributed by atoms with Crippen LogP contribution < -0.4 is 9.62 Å². The summed E-state index contributed by atoms with van der Waals surface area (Å²) in [5, 5.41) is 6.58. The van der Waals surface area contributed by atoms with Gasteiger partial charge in [0.25, 0.3) is 5.91 Å². The number of anilines is 2. The van der Waals surface area contributed by atoms with E-state index >= 15 is 0 Å². The number of nitrogens with one attached hydrogen (secondary N) is 1. The maximum absolute atomic E-state index is 13.3. The molecule has 1 aromatic carbocycles. The van der Waals surface area contributed by atoms with Gasteiger partial charge in [0.15, 0.2) is 5.82 Å². The lowest BCUT2D eigenvalue weighted by atomic mass is 10.0. The normalized spacial score (nSPS) is 15.7. The largest absolute Gasteiger partial charge is 0.306 e. The zero-order valence-electron chi connectivity index (χ0n) is 17.4. The second-order valence-electron chi connectivity index (χ2n) is 7.73. The SMILES string of the molecule is CN1CCC(N(C(=O)c2cccs2)c2ccn(-c3cccc(NS(C)(=O)=O)c3)n2)CC1. The third-order valence-corrected chi connectivity index (χ3v) is 6.70. The van der Waals surface area contributed by atoms with Gasteiger partial charge in [-0.1, -0.05) is 12.1 Å². The van der Waals surface area contributed by atoms with Gasteiger partial charge in [-0.3, -0.25) is 14.4 Å². The van der Waals surface area contributed by atoms with Crippen LogP contribution in [0.25, 0.3) is 5.69 Å². The topological polar surface area (TPSA) is 87.5 Å². The molecule has 1 aliphatic heterocycles. The second kappa shape index (κ2) is 8.81. The highest BCUT2D eigenvalue weighted by molar-refractivity contribution is 7.92. The Balaban J connectivity index is 1.65. The fourth-order valence-electron chi connectivity index (χ4n) is 3.74. The van der Waals surface area contributed by atoms with Crippen molar-refractivity contribution in [3.05, 3.63) is 58.9 Å². The monoisotopic (exact) mass is 459 g/mol. The van der Waals surface area contributed by atoms with Crippen molar-refractivity contribution < 1.29 is 13.2 Å². The lowest BCUT2D eigenvalue weighted by Gasteiger charge is -2.36. The number of piperidine rings is 1. The molecule has 0 saturated carbocycles. The number of benzene rings is 1. The number of carbonyl (C=O) groups excluding carboxylic acids is 1. The van der Waals surface area contributed by atoms with Gasteiger partial charge in [-0.25, -0.2) is 13.1 Å². The minimum atomic E-state index is -3.38. The predicted octanol–water partition coefficient (Wildman–Crippen LogP) is 3.05. The number of carbonyl (C=O) groups is 1. The van der Waals surface area contributed by atoms with Crippen molar-refractivity contribution in [3.63, 3.8) is 0 Å². The lowest BCUT2D eigenvalue weighted by Crippen LogP contribution is -2.47. The Morgan fingerprint density at radius 1 is 1.19 bits per heavy atom. The molecule has 8 nitrogen and oxygen atoms in total. The molecule has 0 unspecified atom stereocenters. The van der Waals surface area contributed by atoms with E-state index in [9.17, 15) is 13.2 Å². The van der Waals surface area contributed by atoms with Crippen LogP contribution in [0.1, 0.15) is 22.5 Å². The van der Waals surface area contributed by atoms with E-state index in [4.69, 9.17) is 0 Å². The first-order chi connectivity index (χ1) is 14.8. The Hall–Kier alpha value is -2.69. The van der Waals surface area contributed by atoms with E-state index in [1.165, 1.54) is 11.3 Å². The molecule has 3 heterocycles. The average molecular weight is 460 g/mol. The van der Waals surface area contributed by atoms with Crippen LogP contribution in [-0.4, -0.2) is 61.4 Å². The smallest absolute Gasteiger partial charge is 0.269 e. The molecule has 0 aliphatic carbocycles. The first-order valence-electron chi connectivity index (χ1n) is 10.00. The molecule has 1 amide bonds. The molecular formula is C21H25N5O3S2. The van der Waals surface area contributed by atoms with E-state index in [1.54, 1.807) is 29.1 Å². The van der Waals surface area contributed by atoms with Gasteiger partial charge in [0.1, 0.15) is 0 Å². The van der Waals surface area contributed by atoms with Crippen molar-refractivity contribution in [2.45, 2.75) is 18.9 Å². The summed E-state index contributed by atoms with van der Waals surface area (Å²) in [6.45, 7) is 1.86. The summed E-state index contributed by atoms with van der Waals surface area (Å²) in [4.78, 5) is 18.1. The van der Waals surface area contributed by atoms with E-state index in [0.29, 0.717) is 22.1 Å². The van der Waals surface area contributed by atoms with Gasteiger partial charge in [-0.15, -0.1) is 16.4 Å². The summed E-state index contributed by atoms with van der Waals surface area (Å²) in [7, 11) is -1.28. The molecule has 0 bridgehead atoms. The number of hydrogen-bond donors (Lipinski definition) is 1. The van der Waals surface area contributed by atoms with Crippen molar-refractivity contribution >= 4 is 38.8 Å². The number of aromatic nitrogens is 2. The maximum atomic E-state index is 13.3. The minimum Gasteiger partial charge on any atom is -0.306 e. The van der Waals surface area contributed by atoms with Crippen molar-refractivity contribution in [2.75, 3.05) is 36.0 Å². The van der Waals surface area contributed by atoms with E-state index in [-0.39, 0.29) is 11.9 Å². The average Bonchev–Trinajstić information content (AvgIpc) is 3.41. The van der Waals surface area contributed by atoms with Crippen LogP contribution >= 0.6 is 11.3 Å². The molecule has 0 spiro atoms. The first-order valence-corrected chi connectivity index (χ1v) is 12.8. The highest BCUT2D eigenvalue weighted by atomic mass is 32.2. The van der Waals surface area contributed by atoms with Crippen LogP contribution in [0.15, 0.2) is 54.0 Å². The molecule has 0 atom stereocenters. The zero-order chi connectivity index (χ0) is 22.0. The number of nitrogens with zero attached hydrogens (tertiary/aromatic N) is 4. The minimum absolute atomic E-state index is 0.0395. The number of rotatable bonds is 6. The number of thiophene rings is 1. The van der Waals surface area contributed by atoms with Crippen LogP contribution in [0.3, 0.4) is 0 Å². The Morgan fingerprint density at radius 3 is 2.65 bits per heavy atom. The van der Waals surface area contributed by atoms with Gasteiger partial charge in [-0.05, 0) is 62.6 Å². The van der Waals surface area contributed by atoms with Gasteiger partial charge >= 0.3 is 0 Å². The number of likely N-dealkylation sites (tertiary alicyclic amines) is 1. The van der Waals surface area contributed by atoms with Crippen LogP contribution in [0.5, 0.6) is 0 Å². The van der Waals surface area contributed by atoms with Gasteiger partial charge < -0.3 is 4.90 Å². The summed E-state index contributed by atoms with van der Waals surface area (Å²) in [5.74, 6) is 0.553. The molecule has 0 radical (unpaired) electrons. The Labute approximate surface area is 186 Å². The summed E-state index contributed by atoms with van der Waals surface area (Å²) >= 11 is 1.43. The summed E-state index contributed by atoms with van der Waals surface area (Å²) in [5.41, 5.74) is 1.16. The highest BCUT2D eigenvalue weighted by Crippen LogP contribution is 2.27. The molecule has 164 valence electrons. The van der Waals surface area contributed by atoms with E-state index in [2.05, 4.69) is 21.8 Å². The molecule has 2 aromatic heterocycles. The van der Waals surface area contributed by atoms with Gasteiger partial charge in [0.05, 0.1) is 22.5 Å².